The van der Waals surface area contributed by atoms with E-state index in [0.29, 0.717) is 24.2 Å². The molecule has 0 aliphatic carbocycles. The molecular weight excluding hydrogens is 303 g/mol. The first kappa shape index (κ1) is 15.9. The van der Waals surface area contributed by atoms with Gasteiger partial charge in [-0.25, -0.2) is 0 Å². The summed E-state index contributed by atoms with van der Waals surface area (Å²) in [4.78, 5) is 2.02. The molecule has 0 saturated heterocycles. The molecule has 0 amide bonds. The van der Waals surface area contributed by atoms with Crippen LogP contribution in [0, 0.1) is 0 Å². The zero-order chi connectivity index (χ0) is 14.2. The van der Waals surface area contributed by atoms with Gasteiger partial charge in [-0.3, -0.25) is 10.00 Å². The molecule has 2 aromatic rings. The Morgan fingerprint density at radius 3 is 2.57 bits per heavy atom. The molecule has 2 heterocycles. The van der Waals surface area contributed by atoms with E-state index < -0.39 is 11.9 Å². The van der Waals surface area contributed by atoms with Gasteiger partial charge in [0.25, 0.3) is 0 Å². The van der Waals surface area contributed by atoms with Crippen molar-refractivity contribution < 1.29 is 13.2 Å². The average molecular weight is 318 g/mol. The molecule has 1 aromatic heterocycles. The van der Waals surface area contributed by atoms with Gasteiger partial charge in [0.05, 0.1) is 0 Å². The van der Waals surface area contributed by atoms with Gasteiger partial charge in [0.1, 0.15) is 0 Å². The van der Waals surface area contributed by atoms with Crippen molar-refractivity contribution >= 4 is 12.4 Å². The van der Waals surface area contributed by atoms with Crippen molar-refractivity contribution in [2.75, 3.05) is 6.54 Å². The summed E-state index contributed by atoms with van der Waals surface area (Å²) in [6, 6.07) is 9.76. The van der Waals surface area contributed by atoms with Crippen LogP contribution in [-0.2, 0) is 25.7 Å². The molecule has 21 heavy (non-hydrogen) atoms. The summed E-state index contributed by atoms with van der Waals surface area (Å²) in [6.45, 7) is 1.68. The molecule has 0 radical (unpaired) electrons. The van der Waals surface area contributed by atoms with Crippen LogP contribution < -0.4 is 0 Å². The molecular formula is C14H15ClF3N3. The summed E-state index contributed by atoms with van der Waals surface area (Å²) in [6.07, 6.45) is -3.81. The molecule has 1 aromatic carbocycles. The maximum Gasteiger partial charge on any atom is 0.435 e. The molecule has 114 valence electrons. The highest BCUT2D eigenvalue weighted by Crippen LogP contribution is 2.34. The van der Waals surface area contributed by atoms with Gasteiger partial charge >= 0.3 is 6.18 Å². The van der Waals surface area contributed by atoms with E-state index in [2.05, 4.69) is 10.2 Å². The van der Waals surface area contributed by atoms with Crippen LogP contribution in [0.4, 0.5) is 13.2 Å². The van der Waals surface area contributed by atoms with E-state index in [9.17, 15) is 13.2 Å². The Morgan fingerprint density at radius 2 is 1.90 bits per heavy atom. The lowest BCUT2D eigenvalue weighted by Gasteiger charge is -2.27. The van der Waals surface area contributed by atoms with Gasteiger partial charge < -0.3 is 0 Å². The minimum Gasteiger partial charge on any atom is -0.294 e. The summed E-state index contributed by atoms with van der Waals surface area (Å²) in [7, 11) is 0. The highest BCUT2D eigenvalue weighted by Gasteiger charge is 2.39. The Balaban J connectivity index is 0.00000161. The maximum atomic E-state index is 12.9. The van der Waals surface area contributed by atoms with Crippen molar-refractivity contribution in [2.45, 2.75) is 25.7 Å². The summed E-state index contributed by atoms with van der Waals surface area (Å²) in [5.41, 5.74) is 1.24. The fraction of sp³-hybridized carbons (Fsp3) is 0.357. The summed E-state index contributed by atoms with van der Waals surface area (Å²) >= 11 is 0. The van der Waals surface area contributed by atoms with Crippen molar-refractivity contribution in [1.29, 1.82) is 0 Å². The number of nitrogens with one attached hydrogen (secondary N) is 1. The van der Waals surface area contributed by atoms with E-state index >= 15 is 0 Å². The molecule has 3 rings (SSSR count). The summed E-state index contributed by atoms with van der Waals surface area (Å²) in [5, 5.41) is 5.95. The average Bonchev–Trinajstić information content (AvgIpc) is 2.83. The molecule has 0 atom stereocenters. The van der Waals surface area contributed by atoms with Gasteiger partial charge in [0, 0.05) is 37.3 Å². The van der Waals surface area contributed by atoms with Crippen LogP contribution >= 0.6 is 12.4 Å². The van der Waals surface area contributed by atoms with E-state index in [-0.39, 0.29) is 19.0 Å². The van der Waals surface area contributed by atoms with E-state index in [4.69, 9.17) is 0 Å². The minimum atomic E-state index is -4.39. The molecule has 1 N–H and O–H groups in total. The Hall–Kier alpha value is -1.53. The van der Waals surface area contributed by atoms with E-state index in [1.165, 1.54) is 0 Å². The number of nitrogens with zero attached hydrogens (tertiary/aromatic N) is 2. The summed E-state index contributed by atoms with van der Waals surface area (Å²) in [5.74, 6) is 0. The Labute approximate surface area is 126 Å². The zero-order valence-corrected chi connectivity index (χ0v) is 12.0. The van der Waals surface area contributed by atoms with E-state index in [1.807, 2.05) is 35.2 Å². The number of aromatic nitrogens is 2. The van der Waals surface area contributed by atoms with Crippen LogP contribution in [-0.4, -0.2) is 21.6 Å². The number of hydrogen-bond acceptors (Lipinski definition) is 2. The zero-order valence-electron chi connectivity index (χ0n) is 11.2. The molecule has 0 unspecified atom stereocenters. The number of fused-ring (bicyclic) bond motifs is 1. The lowest BCUT2D eigenvalue weighted by Crippen LogP contribution is -2.30. The van der Waals surface area contributed by atoms with Crippen LogP contribution in [0.2, 0.25) is 0 Å². The minimum absolute atomic E-state index is 0. The van der Waals surface area contributed by atoms with Crippen LogP contribution in [0.25, 0.3) is 0 Å². The van der Waals surface area contributed by atoms with Crippen molar-refractivity contribution in [3.63, 3.8) is 0 Å². The quantitative estimate of drug-likeness (QED) is 0.920. The van der Waals surface area contributed by atoms with Crippen molar-refractivity contribution in [3.8, 4) is 0 Å². The van der Waals surface area contributed by atoms with Crippen LogP contribution in [0.3, 0.4) is 0 Å². The largest absolute Gasteiger partial charge is 0.435 e. The normalized spacial score (nSPS) is 15.4. The fourth-order valence-corrected chi connectivity index (χ4v) is 2.56. The van der Waals surface area contributed by atoms with Crippen LogP contribution in [0.1, 0.15) is 22.5 Å². The summed E-state index contributed by atoms with van der Waals surface area (Å²) < 4.78 is 38.6. The van der Waals surface area contributed by atoms with Gasteiger partial charge in [-0.05, 0) is 5.56 Å². The molecule has 1 aliphatic rings. The highest BCUT2D eigenvalue weighted by molar-refractivity contribution is 5.85. The number of benzene rings is 1. The number of rotatable bonds is 2. The Bertz CT molecular complexity index is 595. The molecule has 0 spiro atoms. The van der Waals surface area contributed by atoms with Crippen LogP contribution in [0.15, 0.2) is 30.3 Å². The smallest absolute Gasteiger partial charge is 0.294 e. The standard InChI is InChI=1S/C14H14F3N3.ClH/c15-14(16,17)13-11-9-20(7-6-12(11)18-19-13)8-10-4-2-1-3-5-10;/h1-5H,6-9H2,(H,18,19);1H. The Morgan fingerprint density at radius 1 is 1.19 bits per heavy atom. The number of alkyl halides is 3. The molecule has 0 bridgehead atoms. The Kier molecular flexibility index (Phi) is 4.58. The third kappa shape index (κ3) is 3.39. The third-order valence-electron chi connectivity index (χ3n) is 3.53. The second-order valence-electron chi connectivity index (χ2n) is 4.97. The molecule has 3 nitrogen and oxygen atoms in total. The number of halogens is 4. The topological polar surface area (TPSA) is 31.9 Å². The fourth-order valence-electron chi connectivity index (χ4n) is 2.56. The lowest BCUT2D eigenvalue weighted by atomic mass is 10.0. The van der Waals surface area contributed by atoms with Gasteiger partial charge in [-0.2, -0.15) is 18.3 Å². The van der Waals surface area contributed by atoms with Crippen molar-refractivity contribution in [2.24, 2.45) is 0 Å². The van der Waals surface area contributed by atoms with Crippen LogP contribution in [0.5, 0.6) is 0 Å². The number of H-pyrrole nitrogens is 1. The van der Waals surface area contributed by atoms with Crippen molar-refractivity contribution in [3.05, 3.63) is 52.8 Å². The molecule has 0 saturated carbocycles. The second-order valence-corrected chi connectivity index (χ2v) is 4.97. The first-order valence-electron chi connectivity index (χ1n) is 6.43. The predicted molar refractivity (Wildman–Crippen MR) is 75.1 cm³/mol. The number of hydrogen-bond donors (Lipinski definition) is 1. The number of aromatic amines is 1. The lowest BCUT2D eigenvalue weighted by molar-refractivity contribution is -0.142. The molecule has 1 aliphatic heterocycles. The third-order valence-corrected chi connectivity index (χ3v) is 3.53. The van der Waals surface area contributed by atoms with Gasteiger partial charge in [-0.15, -0.1) is 12.4 Å². The van der Waals surface area contributed by atoms with Crippen molar-refractivity contribution in [1.82, 2.24) is 15.1 Å². The first-order chi connectivity index (χ1) is 9.54. The molecule has 7 heteroatoms. The van der Waals surface area contributed by atoms with Gasteiger partial charge in [0.2, 0.25) is 0 Å². The molecule has 0 fully saturated rings. The second kappa shape index (κ2) is 6.07. The SMILES string of the molecule is Cl.FC(F)(F)c1n[nH]c2c1CN(Cc1ccccc1)CC2. The highest BCUT2D eigenvalue weighted by atomic mass is 35.5. The monoisotopic (exact) mass is 317 g/mol. The first-order valence-corrected chi connectivity index (χ1v) is 6.43. The maximum absolute atomic E-state index is 12.9. The van der Waals surface area contributed by atoms with E-state index in [1.54, 1.807) is 0 Å². The van der Waals surface area contributed by atoms with Gasteiger partial charge in [-0.1, -0.05) is 30.3 Å². The van der Waals surface area contributed by atoms with Gasteiger partial charge in [0.15, 0.2) is 5.69 Å². The predicted octanol–water partition coefficient (Wildman–Crippen LogP) is 3.41. The van der Waals surface area contributed by atoms with E-state index in [0.717, 1.165) is 12.1 Å².